The molecule has 0 saturated heterocycles. The van der Waals surface area contributed by atoms with Crippen molar-refractivity contribution in [3.05, 3.63) is 96.6 Å². The summed E-state index contributed by atoms with van der Waals surface area (Å²) >= 11 is 0. The van der Waals surface area contributed by atoms with Crippen LogP contribution in [0.25, 0.3) is 0 Å². The van der Waals surface area contributed by atoms with E-state index < -0.39 is 0 Å². The van der Waals surface area contributed by atoms with Crippen LogP contribution in [0, 0.1) is 0 Å². The maximum absolute atomic E-state index is 5.95. The van der Waals surface area contributed by atoms with Crippen molar-refractivity contribution in [3.8, 4) is 0 Å². The molecule has 1 nitrogen and oxygen atoms in total. The van der Waals surface area contributed by atoms with Gasteiger partial charge in [0.1, 0.15) is 0 Å². The van der Waals surface area contributed by atoms with Crippen molar-refractivity contribution in [1.29, 1.82) is 0 Å². The Morgan fingerprint density at radius 3 is 2.14 bits per heavy atom. The summed E-state index contributed by atoms with van der Waals surface area (Å²) in [5, 5.41) is 0. The molecule has 0 aliphatic carbocycles. The highest BCUT2D eigenvalue weighted by Gasteiger charge is 2.03. The Balaban J connectivity index is 1.85. The van der Waals surface area contributed by atoms with E-state index in [0.29, 0.717) is 6.61 Å². The molecule has 0 radical (unpaired) electrons. The molecule has 2 aromatic rings. The van der Waals surface area contributed by atoms with Crippen molar-refractivity contribution in [2.24, 2.45) is 0 Å². The van der Waals surface area contributed by atoms with Gasteiger partial charge in [0.15, 0.2) is 0 Å². The zero-order chi connectivity index (χ0) is 14.8. The molecule has 1 heteroatoms. The maximum atomic E-state index is 5.95. The summed E-state index contributed by atoms with van der Waals surface area (Å²) in [6.45, 7) is 4.44. The van der Waals surface area contributed by atoms with Crippen LogP contribution in [0.1, 0.15) is 17.5 Å². The average molecular weight is 278 g/mol. The van der Waals surface area contributed by atoms with E-state index in [0.717, 1.165) is 12.8 Å². The van der Waals surface area contributed by atoms with E-state index in [-0.39, 0.29) is 6.10 Å². The molecule has 2 aromatic carbocycles. The molecule has 0 N–H and O–H groups in total. The van der Waals surface area contributed by atoms with Crippen molar-refractivity contribution in [2.45, 2.75) is 25.6 Å². The van der Waals surface area contributed by atoms with Gasteiger partial charge in [0, 0.05) is 0 Å². The predicted octanol–water partition coefficient (Wildman–Crippen LogP) is 4.95. The largest absolute Gasteiger partial charge is 0.369 e. The van der Waals surface area contributed by atoms with Crippen LogP contribution in [-0.4, -0.2) is 6.10 Å². The van der Waals surface area contributed by atoms with E-state index >= 15 is 0 Å². The summed E-state index contributed by atoms with van der Waals surface area (Å²) in [4.78, 5) is 0. The molecule has 21 heavy (non-hydrogen) atoms. The lowest BCUT2D eigenvalue weighted by Gasteiger charge is -2.12. The molecule has 0 bridgehead atoms. The molecule has 0 saturated carbocycles. The Kier molecular flexibility index (Phi) is 6.50. The first kappa shape index (κ1) is 15.3. The second-order valence-corrected chi connectivity index (χ2v) is 4.98. The van der Waals surface area contributed by atoms with Gasteiger partial charge in [-0.15, -0.1) is 6.58 Å². The van der Waals surface area contributed by atoms with Crippen molar-refractivity contribution in [2.75, 3.05) is 0 Å². The third kappa shape index (κ3) is 5.80. The molecule has 0 aromatic heterocycles. The highest BCUT2D eigenvalue weighted by Crippen LogP contribution is 2.09. The van der Waals surface area contributed by atoms with E-state index in [9.17, 15) is 0 Å². The van der Waals surface area contributed by atoms with Gasteiger partial charge in [-0.25, -0.2) is 0 Å². The Morgan fingerprint density at radius 2 is 1.52 bits per heavy atom. The highest BCUT2D eigenvalue weighted by molar-refractivity contribution is 5.18. The quantitative estimate of drug-likeness (QED) is 0.621. The Morgan fingerprint density at radius 1 is 0.905 bits per heavy atom. The second-order valence-electron chi connectivity index (χ2n) is 4.98. The van der Waals surface area contributed by atoms with Gasteiger partial charge in [0.2, 0.25) is 0 Å². The second kappa shape index (κ2) is 8.93. The third-order valence-electron chi connectivity index (χ3n) is 3.25. The average Bonchev–Trinajstić information content (AvgIpc) is 2.54. The molecule has 0 unspecified atom stereocenters. The lowest BCUT2D eigenvalue weighted by atomic mass is 10.1. The molecule has 0 aliphatic heterocycles. The van der Waals surface area contributed by atoms with E-state index in [1.54, 1.807) is 0 Å². The van der Waals surface area contributed by atoms with Crippen LogP contribution in [0.5, 0.6) is 0 Å². The lowest BCUT2D eigenvalue weighted by molar-refractivity contribution is 0.0739. The van der Waals surface area contributed by atoms with Gasteiger partial charge in [-0.1, -0.05) is 78.9 Å². The fraction of sp³-hybridized carbons (Fsp3) is 0.200. The van der Waals surface area contributed by atoms with Crippen LogP contribution >= 0.6 is 0 Å². The van der Waals surface area contributed by atoms with Crippen molar-refractivity contribution >= 4 is 0 Å². The first-order valence-electron chi connectivity index (χ1n) is 7.35. The van der Waals surface area contributed by atoms with Crippen LogP contribution in [0.2, 0.25) is 0 Å². The molecule has 0 spiro atoms. The van der Waals surface area contributed by atoms with Crippen LogP contribution in [0.3, 0.4) is 0 Å². The molecule has 108 valence electrons. The Bertz CT molecular complexity index is 543. The van der Waals surface area contributed by atoms with E-state index in [2.05, 4.69) is 55.1 Å². The van der Waals surface area contributed by atoms with E-state index in [1.165, 1.54) is 11.1 Å². The fourth-order valence-electron chi connectivity index (χ4n) is 2.11. The normalized spacial score (nSPS) is 12.4. The number of rotatable bonds is 8. The lowest BCUT2D eigenvalue weighted by Crippen LogP contribution is -2.08. The van der Waals surface area contributed by atoms with Gasteiger partial charge < -0.3 is 4.74 Å². The molecule has 0 fully saturated rings. The highest BCUT2D eigenvalue weighted by atomic mass is 16.5. The SMILES string of the molecule is C=CC[C@@H](/C=C\Cc1ccccc1)OCc1ccccc1. The van der Waals surface area contributed by atoms with Crippen molar-refractivity contribution in [3.63, 3.8) is 0 Å². The monoisotopic (exact) mass is 278 g/mol. The van der Waals surface area contributed by atoms with Crippen molar-refractivity contribution in [1.82, 2.24) is 0 Å². The zero-order valence-electron chi connectivity index (χ0n) is 12.3. The van der Waals surface area contributed by atoms with Crippen LogP contribution in [0.15, 0.2) is 85.5 Å². The summed E-state index contributed by atoms with van der Waals surface area (Å²) in [6.07, 6.45) is 8.07. The number of allylic oxidation sites excluding steroid dienone is 1. The van der Waals surface area contributed by atoms with Gasteiger partial charge in [0.05, 0.1) is 12.7 Å². The number of hydrogen-bond donors (Lipinski definition) is 0. The van der Waals surface area contributed by atoms with Crippen molar-refractivity contribution < 1.29 is 4.74 Å². The maximum Gasteiger partial charge on any atom is 0.0794 e. The van der Waals surface area contributed by atoms with Gasteiger partial charge >= 0.3 is 0 Å². The van der Waals surface area contributed by atoms with Gasteiger partial charge in [-0.2, -0.15) is 0 Å². The summed E-state index contributed by atoms with van der Waals surface area (Å²) in [5.74, 6) is 0. The van der Waals surface area contributed by atoms with Gasteiger partial charge in [0.25, 0.3) is 0 Å². The minimum absolute atomic E-state index is 0.0893. The van der Waals surface area contributed by atoms with Crippen LogP contribution in [0.4, 0.5) is 0 Å². The Labute approximate surface area is 127 Å². The number of benzene rings is 2. The summed E-state index contributed by atoms with van der Waals surface area (Å²) in [6, 6.07) is 20.7. The fourth-order valence-corrected chi connectivity index (χ4v) is 2.11. The minimum atomic E-state index is 0.0893. The molecular formula is C20H22O. The number of hydrogen-bond acceptors (Lipinski definition) is 1. The van der Waals surface area contributed by atoms with Crippen LogP contribution in [-0.2, 0) is 17.8 Å². The zero-order valence-corrected chi connectivity index (χ0v) is 12.3. The first-order valence-corrected chi connectivity index (χ1v) is 7.35. The summed E-state index contributed by atoms with van der Waals surface area (Å²) < 4.78 is 5.95. The third-order valence-corrected chi connectivity index (χ3v) is 3.25. The molecular weight excluding hydrogens is 256 g/mol. The van der Waals surface area contributed by atoms with Crippen LogP contribution < -0.4 is 0 Å². The molecule has 0 amide bonds. The summed E-state index contributed by atoms with van der Waals surface area (Å²) in [5.41, 5.74) is 2.51. The van der Waals surface area contributed by atoms with E-state index in [4.69, 9.17) is 4.74 Å². The predicted molar refractivity (Wildman–Crippen MR) is 89.1 cm³/mol. The molecule has 0 heterocycles. The Hall–Kier alpha value is -2.12. The number of ether oxygens (including phenoxy) is 1. The molecule has 1 atom stereocenters. The molecule has 0 aliphatic rings. The van der Waals surface area contributed by atoms with Gasteiger partial charge in [-0.05, 0) is 24.0 Å². The summed E-state index contributed by atoms with van der Waals surface area (Å²) in [7, 11) is 0. The smallest absolute Gasteiger partial charge is 0.0794 e. The van der Waals surface area contributed by atoms with E-state index in [1.807, 2.05) is 30.3 Å². The standard InChI is InChI=1S/C20H22O/c1-2-10-20(21-17-19-13-7-4-8-14-19)16-9-15-18-11-5-3-6-12-18/h2-9,11-14,16,20H,1,10,15,17H2/b16-9-/t20-/m0/s1. The first-order chi connectivity index (χ1) is 10.4. The molecule has 2 rings (SSSR count). The van der Waals surface area contributed by atoms with Gasteiger partial charge in [-0.3, -0.25) is 0 Å². The topological polar surface area (TPSA) is 9.23 Å². The minimum Gasteiger partial charge on any atom is -0.369 e.